The average molecular weight is 643 g/mol. The third-order valence-electron chi connectivity index (χ3n) is 7.46. The number of imidazole rings is 1. The highest BCUT2D eigenvalue weighted by molar-refractivity contribution is 9.10. The highest BCUT2D eigenvalue weighted by atomic mass is 79.9. The van der Waals surface area contributed by atoms with Crippen LogP contribution in [-0.4, -0.2) is 19.7 Å². The van der Waals surface area contributed by atoms with Crippen molar-refractivity contribution in [2.24, 2.45) is 0 Å². The summed E-state index contributed by atoms with van der Waals surface area (Å²) in [6.45, 7) is 2.09. The molecule has 1 aliphatic rings. The number of nitrogens with zero attached hydrogens (tertiary/aromatic N) is 4. The zero-order valence-electron chi connectivity index (χ0n) is 21.1. The zero-order chi connectivity index (χ0) is 27.1. The first-order chi connectivity index (χ1) is 18.9. The summed E-state index contributed by atoms with van der Waals surface area (Å²) in [5, 5.41) is 10.9. The molecule has 1 fully saturated rings. The standard InChI is InChI=1S/C30H24BrCl3N4O/c1-2-25-26(28-36-37-29(39-28)30(15-3-4-16-30)18-5-9-20(32)10-6-18)35-27(23-14-11-21(33)17-24(23)34)38(25)22-12-7-19(31)8-13-22/h5-14,17H,2-4,15-16H2,1H3. The van der Waals surface area contributed by atoms with E-state index >= 15 is 0 Å². The molecule has 0 N–H and O–H groups in total. The second kappa shape index (κ2) is 10.7. The first-order valence-corrected chi connectivity index (χ1v) is 14.8. The predicted molar refractivity (Wildman–Crippen MR) is 160 cm³/mol. The van der Waals surface area contributed by atoms with Gasteiger partial charge < -0.3 is 4.42 Å². The van der Waals surface area contributed by atoms with Gasteiger partial charge in [-0.25, -0.2) is 4.98 Å². The Kier molecular flexibility index (Phi) is 7.32. The minimum Gasteiger partial charge on any atom is -0.418 e. The number of hydrogen-bond acceptors (Lipinski definition) is 4. The number of aromatic nitrogens is 4. The molecule has 0 aliphatic heterocycles. The molecule has 2 heterocycles. The van der Waals surface area contributed by atoms with E-state index in [1.807, 2.05) is 48.5 Å². The Morgan fingerprint density at radius 1 is 0.897 bits per heavy atom. The minimum atomic E-state index is -0.335. The lowest BCUT2D eigenvalue weighted by Gasteiger charge is -2.25. The number of halogens is 4. The molecular weight excluding hydrogens is 619 g/mol. The number of benzene rings is 3. The van der Waals surface area contributed by atoms with E-state index in [2.05, 4.69) is 49.8 Å². The topological polar surface area (TPSA) is 56.7 Å². The van der Waals surface area contributed by atoms with Crippen molar-refractivity contribution in [1.82, 2.24) is 19.7 Å². The fraction of sp³-hybridized carbons (Fsp3) is 0.233. The third kappa shape index (κ3) is 4.82. The van der Waals surface area contributed by atoms with Crippen LogP contribution in [0.5, 0.6) is 0 Å². The summed E-state index contributed by atoms with van der Waals surface area (Å²) in [7, 11) is 0. The van der Waals surface area contributed by atoms with Gasteiger partial charge in [0.05, 0.1) is 16.1 Å². The van der Waals surface area contributed by atoms with Gasteiger partial charge >= 0.3 is 0 Å². The van der Waals surface area contributed by atoms with Gasteiger partial charge in [0.1, 0.15) is 11.5 Å². The lowest BCUT2D eigenvalue weighted by Crippen LogP contribution is -2.24. The van der Waals surface area contributed by atoms with Crippen molar-refractivity contribution in [2.45, 2.75) is 44.4 Å². The van der Waals surface area contributed by atoms with Crippen LogP contribution in [0.4, 0.5) is 0 Å². The van der Waals surface area contributed by atoms with Crippen LogP contribution in [0, 0.1) is 0 Å². The summed E-state index contributed by atoms with van der Waals surface area (Å²) in [6.07, 6.45) is 4.76. The van der Waals surface area contributed by atoms with Crippen molar-refractivity contribution in [3.63, 3.8) is 0 Å². The van der Waals surface area contributed by atoms with E-state index in [0.717, 1.165) is 52.7 Å². The van der Waals surface area contributed by atoms with Crippen LogP contribution in [0.25, 0.3) is 28.7 Å². The van der Waals surface area contributed by atoms with Crippen molar-refractivity contribution in [3.8, 4) is 28.7 Å². The van der Waals surface area contributed by atoms with Crippen molar-refractivity contribution in [3.05, 3.63) is 103 Å². The Hall–Kier alpha value is -2.64. The summed E-state index contributed by atoms with van der Waals surface area (Å²) in [4.78, 5) is 5.07. The molecule has 2 aromatic heterocycles. The Morgan fingerprint density at radius 3 is 2.26 bits per heavy atom. The fourth-order valence-corrected chi connectivity index (χ4v) is 6.44. The van der Waals surface area contributed by atoms with Gasteiger partial charge in [-0.2, -0.15) is 0 Å². The second-order valence-corrected chi connectivity index (χ2v) is 11.9. The first kappa shape index (κ1) is 26.6. The molecule has 0 bridgehead atoms. The number of hydrogen-bond donors (Lipinski definition) is 0. The third-order valence-corrected chi connectivity index (χ3v) is 8.78. The molecule has 5 aromatic rings. The summed E-state index contributed by atoms with van der Waals surface area (Å²) in [5.41, 5.74) is 4.11. The van der Waals surface area contributed by atoms with E-state index < -0.39 is 0 Å². The zero-order valence-corrected chi connectivity index (χ0v) is 24.9. The summed E-state index contributed by atoms with van der Waals surface area (Å²) >= 11 is 22.6. The van der Waals surface area contributed by atoms with Crippen LogP contribution < -0.4 is 0 Å². The number of rotatable bonds is 6. The molecule has 1 aliphatic carbocycles. The summed E-state index contributed by atoms with van der Waals surface area (Å²) in [5.74, 6) is 1.69. The summed E-state index contributed by atoms with van der Waals surface area (Å²) in [6, 6.07) is 21.5. The van der Waals surface area contributed by atoms with Gasteiger partial charge in [-0.05, 0) is 79.4 Å². The van der Waals surface area contributed by atoms with E-state index in [1.54, 1.807) is 6.07 Å². The lowest BCUT2D eigenvalue weighted by molar-refractivity contribution is 0.379. The molecule has 39 heavy (non-hydrogen) atoms. The second-order valence-electron chi connectivity index (χ2n) is 9.73. The Morgan fingerprint density at radius 2 is 1.59 bits per heavy atom. The lowest BCUT2D eigenvalue weighted by atomic mass is 9.79. The van der Waals surface area contributed by atoms with Gasteiger partial charge in [0.2, 0.25) is 5.89 Å². The molecule has 0 radical (unpaired) electrons. The van der Waals surface area contributed by atoms with Gasteiger partial charge in [-0.3, -0.25) is 4.57 Å². The van der Waals surface area contributed by atoms with Gasteiger partial charge in [0.25, 0.3) is 5.89 Å². The SMILES string of the molecule is CCc1c(-c2nnc(C3(c4ccc(Cl)cc4)CCCC3)o2)nc(-c2ccc(Cl)cc2Cl)n1-c1ccc(Br)cc1. The van der Waals surface area contributed by atoms with Gasteiger partial charge in [-0.15, -0.1) is 10.2 Å². The van der Waals surface area contributed by atoms with E-state index in [-0.39, 0.29) is 5.41 Å². The molecule has 0 spiro atoms. The minimum absolute atomic E-state index is 0.335. The quantitative estimate of drug-likeness (QED) is 0.185. The average Bonchev–Trinajstić information content (AvgIpc) is 3.68. The molecule has 9 heteroatoms. The van der Waals surface area contributed by atoms with Crippen molar-refractivity contribution in [1.29, 1.82) is 0 Å². The van der Waals surface area contributed by atoms with Gasteiger partial charge in [-0.1, -0.05) is 82.6 Å². The maximum atomic E-state index is 6.68. The van der Waals surface area contributed by atoms with Crippen LogP contribution in [-0.2, 0) is 11.8 Å². The van der Waals surface area contributed by atoms with Crippen LogP contribution >= 0.6 is 50.7 Å². The molecule has 0 amide bonds. The van der Waals surface area contributed by atoms with Crippen molar-refractivity contribution < 1.29 is 4.42 Å². The van der Waals surface area contributed by atoms with Crippen LogP contribution in [0.15, 0.2) is 75.6 Å². The smallest absolute Gasteiger partial charge is 0.268 e. The Balaban J connectivity index is 1.52. The molecule has 198 valence electrons. The predicted octanol–water partition coefficient (Wildman–Crippen LogP) is 9.73. The Labute approximate surface area is 250 Å². The maximum Gasteiger partial charge on any atom is 0.268 e. The monoisotopic (exact) mass is 640 g/mol. The highest BCUT2D eigenvalue weighted by Crippen LogP contribution is 2.47. The molecule has 1 saturated carbocycles. The fourth-order valence-electron chi connectivity index (χ4n) is 5.56. The van der Waals surface area contributed by atoms with E-state index in [9.17, 15) is 0 Å². The molecule has 6 rings (SSSR count). The van der Waals surface area contributed by atoms with Crippen LogP contribution in [0.1, 0.15) is 49.8 Å². The van der Waals surface area contributed by atoms with Crippen molar-refractivity contribution >= 4 is 50.7 Å². The van der Waals surface area contributed by atoms with E-state index in [1.165, 1.54) is 0 Å². The van der Waals surface area contributed by atoms with Crippen molar-refractivity contribution in [2.75, 3.05) is 0 Å². The van der Waals surface area contributed by atoms with Gasteiger partial charge in [0, 0.05) is 25.8 Å². The molecule has 0 atom stereocenters. The van der Waals surface area contributed by atoms with Crippen LogP contribution in [0.3, 0.4) is 0 Å². The largest absolute Gasteiger partial charge is 0.418 e. The molecule has 0 unspecified atom stereocenters. The molecular formula is C30H24BrCl3N4O. The Bertz CT molecular complexity index is 1640. The maximum absolute atomic E-state index is 6.68. The highest BCUT2D eigenvalue weighted by Gasteiger charge is 2.42. The van der Waals surface area contributed by atoms with Gasteiger partial charge in [0.15, 0.2) is 0 Å². The van der Waals surface area contributed by atoms with E-state index in [4.69, 9.17) is 44.2 Å². The summed E-state index contributed by atoms with van der Waals surface area (Å²) < 4.78 is 9.59. The first-order valence-electron chi connectivity index (χ1n) is 12.8. The van der Waals surface area contributed by atoms with E-state index in [0.29, 0.717) is 44.8 Å². The molecule has 5 nitrogen and oxygen atoms in total. The normalized spacial score (nSPS) is 14.7. The molecule has 3 aromatic carbocycles. The van der Waals surface area contributed by atoms with Crippen LogP contribution in [0.2, 0.25) is 15.1 Å². The molecule has 0 saturated heterocycles.